The Kier molecular flexibility index (Phi) is 9.37. The molecule has 43 heavy (non-hydrogen) atoms. The molecule has 0 spiro atoms. The molecule has 0 saturated carbocycles. The number of hydrogen-bond acceptors (Lipinski definition) is 8. The molecule has 1 aliphatic rings. The van der Waals surface area contributed by atoms with Crippen LogP contribution in [0.25, 0.3) is 11.3 Å². The van der Waals surface area contributed by atoms with Crippen LogP contribution in [0.5, 0.6) is 5.88 Å². The van der Waals surface area contributed by atoms with E-state index in [-0.39, 0.29) is 11.7 Å². The third kappa shape index (κ3) is 6.47. The number of anilines is 2. The Labute approximate surface area is 249 Å². The van der Waals surface area contributed by atoms with Crippen molar-refractivity contribution in [2.24, 2.45) is 0 Å². The summed E-state index contributed by atoms with van der Waals surface area (Å²) >= 11 is 5.47. The van der Waals surface area contributed by atoms with Crippen LogP contribution in [0, 0.1) is 17.1 Å². The topological polar surface area (TPSA) is 109 Å². The molecule has 1 aromatic carbocycles. The molecule has 9 nitrogen and oxygen atoms in total. The Morgan fingerprint density at radius 2 is 1.81 bits per heavy atom. The number of carbonyl (C=O) groups excluding carboxylic acids is 2. The van der Waals surface area contributed by atoms with Gasteiger partial charge in [0.15, 0.2) is 10.9 Å². The Hall–Kier alpha value is -4.48. The molecule has 224 valence electrons. The van der Waals surface area contributed by atoms with Crippen LogP contribution in [-0.2, 0) is 20.5 Å². The van der Waals surface area contributed by atoms with Gasteiger partial charge in [0.1, 0.15) is 24.0 Å². The van der Waals surface area contributed by atoms with Gasteiger partial charge in [-0.25, -0.2) is 9.37 Å². The van der Waals surface area contributed by atoms with E-state index >= 15 is 4.39 Å². The van der Waals surface area contributed by atoms with E-state index in [1.807, 2.05) is 0 Å². The van der Waals surface area contributed by atoms with E-state index in [0.717, 1.165) is 25.0 Å². The van der Waals surface area contributed by atoms with Crippen molar-refractivity contribution in [2.45, 2.75) is 38.4 Å². The molecule has 0 atom stereocenters. The number of carbonyl (C=O) groups is 2. The average Bonchev–Trinajstić information content (AvgIpc) is 3.14. The zero-order valence-electron chi connectivity index (χ0n) is 23.0. The molecule has 0 bridgehead atoms. The maximum Gasteiger partial charge on any atom is 0.420 e. The number of amides is 1. The first-order chi connectivity index (χ1) is 20.4. The van der Waals surface area contributed by atoms with Gasteiger partial charge < -0.3 is 19.2 Å². The summed E-state index contributed by atoms with van der Waals surface area (Å²) in [5.41, 5.74) is -3.23. The maximum absolute atomic E-state index is 15.2. The number of pyridine rings is 2. The fourth-order valence-corrected chi connectivity index (χ4v) is 4.98. The Bertz CT molecular complexity index is 1560. The molecule has 0 unspecified atom stereocenters. The molecule has 1 fully saturated rings. The number of ether oxygens (including phenoxy) is 2. The monoisotopic (exact) mass is 615 g/mol. The second-order valence-electron chi connectivity index (χ2n) is 9.83. The second-order valence-corrected chi connectivity index (χ2v) is 10.2. The van der Waals surface area contributed by atoms with Crippen LogP contribution < -0.4 is 14.5 Å². The lowest BCUT2D eigenvalue weighted by Crippen LogP contribution is -2.44. The second kappa shape index (κ2) is 12.8. The third-order valence-corrected chi connectivity index (χ3v) is 6.96. The molecule has 14 heteroatoms. The van der Waals surface area contributed by atoms with E-state index < -0.39 is 40.3 Å². The standard InChI is InChI=1S/C29H25F4N5O4S/c1-28(2)26(40)37(22-9-5-18(15-34)24(25(22)30)29(31,32)33)27(43)38(28)20-7-8-21(35-17-20)19-6-10-23(36-16-19)42-13-4-3-12-41-14-11-39/h5-11,16-17H,3-4,12-14H2,1-2H3. The lowest BCUT2D eigenvalue weighted by Gasteiger charge is -2.29. The number of nitrogens with zero attached hydrogens (tertiary/aromatic N) is 5. The minimum absolute atomic E-state index is 0.0721. The molecule has 3 aromatic rings. The highest BCUT2D eigenvalue weighted by Gasteiger charge is 2.52. The highest BCUT2D eigenvalue weighted by molar-refractivity contribution is 7.81. The summed E-state index contributed by atoms with van der Waals surface area (Å²) in [5.74, 6) is -2.11. The normalized spacial score (nSPS) is 14.6. The predicted molar refractivity (Wildman–Crippen MR) is 152 cm³/mol. The van der Waals surface area contributed by atoms with E-state index in [4.69, 9.17) is 27.0 Å². The minimum atomic E-state index is -5.17. The summed E-state index contributed by atoms with van der Waals surface area (Å²) in [6.45, 7) is 3.97. The lowest BCUT2D eigenvalue weighted by molar-refractivity contribution is -0.140. The molecule has 1 saturated heterocycles. The molecule has 0 N–H and O–H groups in total. The first-order valence-electron chi connectivity index (χ1n) is 13.0. The summed E-state index contributed by atoms with van der Waals surface area (Å²) in [7, 11) is 0. The fraction of sp³-hybridized carbons (Fsp3) is 0.310. The minimum Gasteiger partial charge on any atom is -0.478 e. The molecular weight excluding hydrogens is 590 g/mol. The van der Waals surface area contributed by atoms with Crippen LogP contribution in [0.15, 0.2) is 48.8 Å². The maximum atomic E-state index is 15.2. The van der Waals surface area contributed by atoms with Gasteiger partial charge in [-0.05, 0) is 69.2 Å². The van der Waals surface area contributed by atoms with E-state index in [2.05, 4.69) is 9.97 Å². The summed E-state index contributed by atoms with van der Waals surface area (Å²) < 4.78 is 66.7. The Balaban J connectivity index is 1.51. The number of benzene rings is 1. The van der Waals surface area contributed by atoms with Crippen LogP contribution in [0.1, 0.15) is 37.8 Å². The number of halogens is 4. The molecule has 1 amide bonds. The Morgan fingerprint density at radius 1 is 1.07 bits per heavy atom. The first-order valence-corrected chi connectivity index (χ1v) is 13.4. The molecular formula is C29H25F4N5O4S. The number of thiocarbonyl (C=S) groups is 1. The SMILES string of the molecule is CC1(C)C(=O)N(c2ccc(C#N)c(C(F)(F)F)c2F)C(=S)N1c1ccc(-c2ccc(OCCCCOCC=O)nc2)nc1. The molecule has 1 aliphatic heterocycles. The zero-order valence-corrected chi connectivity index (χ0v) is 23.8. The van der Waals surface area contributed by atoms with Crippen molar-refractivity contribution < 1.29 is 36.6 Å². The van der Waals surface area contributed by atoms with E-state index in [9.17, 15) is 22.8 Å². The number of alkyl halides is 3. The van der Waals surface area contributed by atoms with Crippen molar-refractivity contribution in [3.05, 3.63) is 65.7 Å². The van der Waals surface area contributed by atoms with Gasteiger partial charge in [-0.2, -0.15) is 18.4 Å². The quantitative estimate of drug-likeness (QED) is 0.120. The van der Waals surface area contributed by atoms with Gasteiger partial charge in [0, 0.05) is 24.4 Å². The van der Waals surface area contributed by atoms with Crippen LogP contribution in [0.3, 0.4) is 0 Å². The van der Waals surface area contributed by atoms with Gasteiger partial charge in [0.2, 0.25) is 5.88 Å². The number of hydrogen-bond donors (Lipinski definition) is 0. The van der Waals surface area contributed by atoms with Crippen molar-refractivity contribution >= 4 is 40.9 Å². The van der Waals surface area contributed by atoms with Gasteiger partial charge in [-0.1, -0.05) is 0 Å². The number of rotatable bonds is 11. The van der Waals surface area contributed by atoms with Crippen LogP contribution in [0.2, 0.25) is 0 Å². The summed E-state index contributed by atoms with van der Waals surface area (Å²) in [5, 5.41) is 8.82. The van der Waals surface area contributed by atoms with Crippen LogP contribution >= 0.6 is 12.2 Å². The average molecular weight is 616 g/mol. The van der Waals surface area contributed by atoms with Crippen LogP contribution in [-0.4, -0.2) is 52.6 Å². The zero-order chi connectivity index (χ0) is 31.4. The van der Waals surface area contributed by atoms with Gasteiger partial charge >= 0.3 is 6.18 Å². The lowest BCUT2D eigenvalue weighted by atomic mass is 10.0. The molecule has 0 aliphatic carbocycles. The number of nitriles is 1. The van der Waals surface area contributed by atoms with E-state index in [0.29, 0.717) is 47.2 Å². The summed E-state index contributed by atoms with van der Waals surface area (Å²) in [6, 6.07) is 9.80. The van der Waals surface area contributed by atoms with Gasteiger partial charge in [-0.15, -0.1) is 0 Å². The molecule has 0 radical (unpaired) electrons. The number of aromatic nitrogens is 2. The molecule has 4 rings (SSSR count). The van der Waals surface area contributed by atoms with Crippen molar-refractivity contribution in [3.63, 3.8) is 0 Å². The number of unbranched alkanes of at least 4 members (excludes halogenated alkanes) is 1. The fourth-order valence-electron chi connectivity index (χ4n) is 4.47. The van der Waals surface area contributed by atoms with Gasteiger partial charge in [0.05, 0.1) is 41.5 Å². The van der Waals surface area contributed by atoms with Crippen molar-refractivity contribution in [2.75, 3.05) is 29.6 Å². The van der Waals surface area contributed by atoms with Gasteiger partial charge in [-0.3, -0.25) is 14.7 Å². The predicted octanol–water partition coefficient (Wildman–Crippen LogP) is 5.46. The number of aldehydes is 1. The van der Waals surface area contributed by atoms with Crippen molar-refractivity contribution in [1.82, 2.24) is 9.97 Å². The highest BCUT2D eigenvalue weighted by atomic mass is 32.1. The van der Waals surface area contributed by atoms with E-state index in [1.54, 1.807) is 30.5 Å². The molecule has 3 heterocycles. The van der Waals surface area contributed by atoms with Gasteiger partial charge in [0.25, 0.3) is 5.91 Å². The largest absolute Gasteiger partial charge is 0.478 e. The van der Waals surface area contributed by atoms with Crippen molar-refractivity contribution in [3.8, 4) is 23.2 Å². The summed E-state index contributed by atoms with van der Waals surface area (Å²) in [4.78, 5) is 34.4. The first kappa shape index (κ1) is 31.5. The smallest absolute Gasteiger partial charge is 0.420 e. The summed E-state index contributed by atoms with van der Waals surface area (Å²) in [6.07, 6.45) is -0.000977. The van der Waals surface area contributed by atoms with Crippen LogP contribution in [0.4, 0.5) is 28.9 Å². The third-order valence-electron chi connectivity index (χ3n) is 6.59. The van der Waals surface area contributed by atoms with Crippen molar-refractivity contribution in [1.29, 1.82) is 5.26 Å². The highest BCUT2D eigenvalue weighted by Crippen LogP contribution is 2.42. The Morgan fingerprint density at radius 3 is 2.42 bits per heavy atom. The van der Waals surface area contributed by atoms with E-state index in [1.165, 1.54) is 31.0 Å². The molecule has 2 aromatic heterocycles.